The number of quaternary nitrogens is 4. The minimum atomic E-state index is -1.23. The quantitative estimate of drug-likeness (QED) is 0.156. The first-order valence-electron chi connectivity index (χ1n) is 20.6. The summed E-state index contributed by atoms with van der Waals surface area (Å²) in [6, 6.07) is 0. The molecule has 0 bridgehead atoms. The summed E-state index contributed by atoms with van der Waals surface area (Å²) in [4.78, 5) is 58.2. The SMILES string of the molecule is CC(C)(OC(=O)C1C(C(=O)OC(C)(C)C2CC[NH2+]CC2)C(C(=O)OC(C)(C)C2CC[NH2+]CC2)C1C(=O)OC(C)(C)C1CC[NH2+]CC1)C1CC[NH2+]CC1. The van der Waals surface area contributed by atoms with Crippen LogP contribution in [-0.4, -0.2) is 98.6 Å². The maximum atomic E-state index is 14.5. The van der Waals surface area contributed by atoms with Gasteiger partial charge in [-0.2, -0.15) is 0 Å². The zero-order chi connectivity index (χ0) is 37.9. The van der Waals surface area contributed by atoms with Gasteiger partial charge in [0, 0.05) is 75.0 Å². The van der Waals surface area contributed by atoms with Crippen molar-refractivity contribution in [3.05, 3.63) is 0 Å². The lowest BCUT2D eigenvalue weighted by molar-refractivity contribution is -0.666. The highest BCUT2D eigenvalue weighted by molar-refractivity contribution is 5.98. The normalized spacial score (nSPS) is 28.0. The number of esters is 4. The maximum absolute atomic E-state index is 14.5. The van der Waals surface area contributed by atoms with Crippen LogP contribution in [0, 0.1) is 47.3 Å². The Morgan fingerprint density at radius 3 is 0.654 bits per heavy atom. The standard InChI is InChI=1S/C40H68N4O8/c1-37(2,25-9-17-41-18-10-25)49-33(45)29-30(34(46)50-38(3,4)26-11-19-42-20-12-26)32(36(48)52-40(7,8)28-15-23-44-24-16-28)31(29)35(47)51-39(5,6)27-13-21-43-22-14-27/h25-32,41-44H,9-24H2,1-8H3/p+4. The summed E-state index contributed by atoms with van der Waals surface area (Å²) < 4.78 is 25.3. The van der Waals surface area contributed by atoms with Crippen molar-refractivity contribution in [2.45, 2.75) is 129 Å². The summed E-state index contributed by atoms with van der Waals surface area (Å²) in [6.45, 7) is 22.9. The number of rotatable bonds is 12. The molecule has 296 valence electrons. The molecule has 4 heterocycles. The monoisotopic (exact) mass is 737 g/mol. The van der Waals surface area contributed by atoms with E-state index in [1.807, 2.05) is 55.4 Å². The predicted molar refractivity (Wildman–Crippen MR) is 192 cm³/mol. The Balaban J connectivity index is 1.48. The molecule has 0 amide bonds. The molecule has 0 spiro atoms. The van der Waals surface area contributed by atoms with E-state index in [-0.39, 0.29) is 23.7 Å². The van der Waals surface area contributed by atoms with Crippen molar-refractivity contribution >= 4 is 23.9 Å². The van der Waals surface area contributed by atoms with E-state index in [1.54, 1.807) is 0 Å². The Bertz CT molecular complexity index is 1060. The van der Waals surface area contributed by atoms with Crippen molar-refractivity contribution in [3.8, 4) is 0 Å². The molecule has 5 rings (SSSR count). The molecule has 8 N–H and O–H groups in total. The lowest BCUT2D eigenvalue weighted by atomic mass is 9.56. The lowest BCUT2D eigenvalue weighted by Gasteiger charge is -2.50. The first kappa shape index (κ1) is 40.9. The fourth-order valence-corrected chi connectivity index (χ4v) is 10.1. The summed E-state index contributed by atoms with van der Waals surface area (Å²) in [6.07, 6.45) is 7.15. The average Bonchev–Trinajstić information content (AvgIpc) is 3.08. The van der Waals surface area contributed by atoms with Crippen LogP contribution in [-0.2, 0) is 38.1 Å². The molecule has 12 heteroatoms. The van der Waals surface area contributed by atoms with Crippen molar-refractivity contribution in [1.29, 1.82) is 0 Å². The highest BCUT2D eigenvalue weighted by Crippen LogP contribution is 2.52. The molecular weight excluding hydrogens is 664 g/mol. The second-order valence-electron chi connectivity index (χ2n) is 18.8. The fourth-order valence-electron chi connectivity index (χ4n) is 10.1. The van der Waals surface area contributed by atoms with Gasteiger partial charge in [-0.3, -0.25) is 19.2 Å². The molecule has 0 aromatic heterocycles. The van der Waals surface area contributed by atoms with Crippen molar-refractivity contribution in [2.75, 3.05) is 52.4 Å². The van der Waals surface area contributed by atoms with E-state index in [9.17, 15) is 19.2 Å². The lowest BCUT2D eigenvalue weighted by Crippen LogP contribution is -2.86. The van der Waals surface area contributed by atoms with E-state index in [4.69, 9.17) is 18.9 Å². The van der Waals surface area contributed by atoms with Crippen LogP contribution in [0.4, 0.5) is 0 Å². The zero-order valence-electron chi connectivity index (χ0n) is 33.5. The van der Waals surface area contributed by atoms with Gasteiger partial charge in [-0.1, -0.05) is 0 Å². The minimum Gasteiger partial charge on any atom is -0.459 e. The van der Waals surface area contributed by atoms with E-state index in [0.29, 0.717) is 0 Å². The molecule has 4 aliphatic heterocycles. The maximum Gasteiger partial charge on any atom is 0.311 e. The summed E-state index contributed by atoms with van der Waals surface area (Å²) in [7, 11) is 0. The smallest absolute Gasteiger partial charge is 0.311 e. The largest absolute Gasteiger partial charge is 0.459 e. The number of hydrogen-bond acceptors (Lipinski definition) is 8. The third kappa shape index (κ3) is 9.32. The highest BCUT2D eigenvalue weighted by Gasteiger charge is 2.68. The van der Waals surface area contributed by atoms with E-state index in [1.165, 1.54) is 0 Å². The number of carbonyl (C=O) groups is 4. The second-order valence-corrected chi connectivity index (χ2v) is 18.8. The summed E-state index contributed by atoms with van der Waals surface area (Å²) in [5.74, 6) is -6.98. The van der Waals surface area contributed by atoms with Gasteiger partial charge < -0.3 is 40.2 Å². The van der Waals surface area contributed by atoms with Gasteiger partial charge >= 0.3 is 23.9 Å². The Labute approximate surface area is 311 Å². The summed E-state index contributed by atoms with van der Waals surface area (Å²) in [5.41, 5.74) is -3.30. The molecule has 5 aliphatic rings. The molecule has 0 radical (unpaired) electrons. The van der Waals surface area contributed by atoms with Crippen LogP contribution in [0.1, 0.15) is 107 Å². The topological polar surface area (TPSA) is 172 Å². The summed E-state index contributed by atoms with van der Waals surface area (Å²) in [5, 5.41) is 9.06. The molecule has 0 aromatic rings. The van der Waals surface area contributed by atoms with Crippen LogP contribution in [0.3, 0.4) is 0 Å². The number of nitrogens with two attached hydrogens (primary N) is 4. The van der Waals surface area contributed by atoms with Gasteiger partial charge in [-0.15, -0.1) is 0 Å². The molecule has 0 aromatic carbocycles. The average molecular weight is 737 g/mol. The predicted octanol–water partition coefficient (Wildman–Crippen LogP) is -0.354. The van der Waals surface area contributed by atoms with Crippen LogP contribution in [0.2, 0.25) is 0 Å². The van der Waals surface area contributed by atoms with Crippen LogP contribution in [0.15, 0.2) is 0 Å². The van der Waals surface area contributed by atoms with Gasteiger partial charge in [-0.25, -0.2) is 0 Å². The van der Waals surface area contributed by atoms with E-state index in [0.717, 1.165) is 104 Å². The van der Waals surface area contributed by atoms with Crippen LogP contribution >= 0.6 is 0 Å². The Kier molecular flexibility index (Phi) is 13.1. The van der Waals surface area contributed by atoms with Gasteiger partial charge in [0.1, 0.15) is 22.4 Å². The number of carbonyl (C=O) groups excluding carboxylic acids is 4. The van der Waals surface area contributed by atoms with Crippen molar-refractivity contribution < 1.29 is 59.4 Å². The van der Waals surface area contributed by atoms with Crippen molar-refractivity contribution in [2.24, 2.45) is 47.3 Å². The second kappa shape index (κ2) is 16.6. The van der Waals surface area contributed by atoms with Gasteiger partial charge in [0.2, 0.25) is 0 Å². The number of hydrogen-bond donors (Lipinski definition) is 4. The van der Waals surface area contributed by atoms with Crippen LogP contribution in [0.25, 0.3) is 0 Å². The minimum absolute atomic E-state index is 0.135. The Morgan fingerprint density at radius 2 is 0.500 bits per heavy atom. The fraction of sp³-hybridized carbons (Fsp3) is 0.900. The third-order valence-corrected chi connectivity index (χ3v) is 13.8. The molecule has 4 saturated heterocycles. The first-order valence-corrected chi connectivity index (χ1v) is 20.6. The van der Waals surface area contributed by atoms with E-state index < -0.39 is 70.0 Å². The first-order chi connectivity index (χ1) is 24.4. The van der Waals surface area contributed by atoms with E-state index >= 15 is 0 Å². The number of ether oxygens (including phenoxy) is 4. The molecular formula is C40H72N4O8+4. The van der Waals surface area contributed by atoms with Gasteiger partial charge in [0.05, 0.1) is 76.0 Å². The van der Waals surface area contributed by atoms with Gasteiger partial charge in [-0.05, 0) is 55.4 Å². The summed E-state index contributed by atoms with van der Waals surface area (Å²) >= 11 is 0. The highest BCUT2D eigenvalue weighted by atomic mass is 16.6. The molecule has 0 atom stereocenters. The number of piperidine rings is 4. The van der Waals surface area contributed by atoms with Crippen LogP contribution < -0.4 is 21.3 Å². The molecule has 0 unspecified atom stereocenters. The van der Waals surface area contributed by atoms with Crippen molar-refractivity contribution in [1.82, 2.24) is 0 Å². The van der Waals surface area contributed by atoms with Gasteiger partial charge in [0.15, 0.2) is 0 Å². The van der Waals surface area contributed by atoms with Crippen LogP contribution in [0.5, 0.6) is 0 Å². The third-order valence-electron chi connectivity index (χ3n) is 13.8. The Morgan fingerprint density at radius 1 is 0.346 bits per heavy atom. The van der Waals surface area contributed by atoms with Crippen molar-refractivity contribution in [3.63, 3.8) is 0 Å². The molecule has 12 nitrogen and oxygen atoms in total. The Hall–Kier alpha value is -2.28. The zero-order valence-corrected chi connectivity index (χ0v) is 33.5. The molecule has 1 aliphatic carbocycles. The van der Waals surface area contributed by atoms with E-state index in [2.05, 4.69) is 21.3 Å². The van der Waals surface area contributed by atoms with Gasteiger partial charge in [0.25, 0.3) is 0 Å². The molecule has 5 fully saturated rings. The molecule has 1 saturated carbocycles. The molecule has 52 heavy (non-hydrogen) atoms.